The molecule has 0 aliphatic rings. The van der Waals surface area contributed by atoms with E-state index < -0.39 is 10.0 Å². The van der Waals surface area contributed by atoms with E-state index in [4.69, 9.17) is 5.73 Å². The van der Waals surface area contributed by atoms with Crippen molar-refractivity contribution >= 4 is 41.9 Å². The van der Waals surface area contributed by atoms with Crippen LogP contribution >= 0.6 is 31.9 Å². The van der Waals surface area contributed by atoms with Crippen LogP contribution < -0.4 is 10.5 Å². The van der Waals surface area contributed by atoms with Gasteiger partial charge < -0.3 is 5.73 Å². The molecule has 3 N–H and O–H groups in total. The Balaban J connectivity index is 3.02. The van der Waals surface area contributed by atoms with Gasteiger partial charge in [-0.2, -0.15) is 0 Å². The van der Waals surface area contributed by atoms with Crippen molar-refractivity contribution in [2.75, 3.05) is 6.54 Å². The van der Waals surface area contributed by atoms with Gasteiger partial charge in [0.15, 0.2) is 0 Å². The molecule has 102 valence electrons. The molecule has 1 unspecified atom stereocenters. The third kappa shape index (κ3) is 4.31. The predicted octanol–water partition coefficient (Wildman–Crippen LogP) is 2.62. The van der Waals surface area contributed by atoms with E-state index in [1.165, 1.54) is 0 Å². The lowest BCUT2D eigenvalue weighted by atomic mass is 10.2. The van der Waals surface area contributed by atoms with E-state index >= 15 is 0 Å². The summed E-state index contributed by atoms with van der Waals surface area (Å²) >= 11 is 6.51. The Labute approximate surface area is 125 Å². The Kier molecular flexibility index (Phi) is 6.26. The van der Waals surface area contributed by atoms with Crippen LogP contribution in [0.5, 0.6) is 0 Å². The van der Waals surface area contributed by atoms with E-state index in [0.717, 1.165) is 12.8 Å². The predicted molar refractivity (Wildman–Crippen MR) is 79.9 cm³/mol. The van der Waals surface area contributed by atoms with Crippen LogP contribution in [0.2, 0.25) is 0 Å². The number of sulfonamides is 1. The van der Waals surface area contributed by atoms with Gasteiger partial charge in [-0.25, -0.2) is 13.1 Å². The summed E-state index contributed by atoms with van der Waals surface area (Å²) in [6.07, 6.45) is 1.60. The summed E-state index contributed by atoms with van der Waals surface area (Å²) < 4.78 is 28.3. The second-order valence-corrected chi connectivity index (χ2v) is 7.37. The van der Waals surface area contributed by atoms with Crippen molar-refractivity contribution in [1.82, 2.24) is 4.72 Å². The van der Waals surface area contributed by atoms with Crippen LogP contribution in [0.1, 0.15) is 19.8 Å². The van der Waals surface area contributed by atoms with Crippen molar-refractivity contribution in [2.45, 2.75) is 30.7 Å². The third-order valence-electron chi connectivity index (χ3n) is 2.43. The van der Waals surface area contributed by atoms with E-state index in [9.17, 15) is 8.42 Å². The topological polar surface area (TPSA) is 72.2 Å². The first-order valence-electron chi connectivity index (χ1n) is 5.58. The van der Waals surface area contributed by atoms with Gasteiger partial charge in [-0.15, -0.1) is 0 Å². The fourth-order valence-corrected chi connectivity index (χ4v) is 4.32. The summed E-state index contributed by atoms with van der Waals surface area (Å²) in [5, 5.41) is 0. The van der Waals surface area contributed by atoms with Gasteiger partial charge in [-0.3, -0.25) is 0 Å². The second-order valence-electron chi connectivity index (χ2n) is 3.92. The molecule has 18 heavy (non-hydrogen) atoms. The number of nitrogens with two attached hydrogens (primary N) is 1. The Morgan fingerprint density at radius 3 is 2.61 bits per heavy atom. The molecule has 0 aromatic heterocycles. The smallest absolute Gasteiger partial charge is 0.242 e. The molecule has 0 bridgehead atoms. The molecule has 0 spiro atoms. The number of halogens is 2. The maximum Gasteiger partial charge on any atom is 0.242 e. The van der Waals surface area contributed by atoms with Gasteiger partial charge in [0.1, 0.15) is 0 Å². The second kappa shape index (κ2) is 7.00. The highest BCUT2D eigenvalue weighted by molar-refractivity contribution is 9.11. The van der Waals surface area contributed by atoms with Gasteiger partial charge in [0.2, 0.25) is 10.0 Å². The molecule has 1 aromatic carbocycles. The zero-order valence-electron chi connectivity index (χ0n) is 9.99. The monoisotopic (exact) mass is 398 g/mol. The number of nitrogens with one attached hydrogen (secondary N) is 1. The molecular formula is C11H16Br2N2O2S. The summed E-state index contributed by atoms with van der Waals surface area (Å²) in [4.78, 5) is 0.214. The summed E-state index contributed by atoms with van der Waals surface area (Å²) in [5.74, 6) is 0. The van der Waals surface area contributed by atoms with Crippen LogP contribution in [0.15, 0.2) is 32.0 Å². The molecule has 0 amide bonds. The third-order valence-corrected chi connectivity index (χ3v) is 5.43. The zero-order valence-corrected chi connectivity index (χ0v) is 14.0. The first-order chi connectivity index (χ1) is 8.40. The highest BCUT2D eigenvalue weighted by Crippen LogP contribution is 2.25. The summed E-state index contributed by atoms with van der Waals surface area (Å²) in [6.45, 7) is 2.28. The first kappa shape index (κ1) is 16.1. The Morgan fingerprint density at radius 2 is 2.06 bits per heavy atom. The zero-order chi connectivity index (χ0) is 13.8. The fourth-order valence-electron chi connectivity index (χ4n) is 1.54. The Bertz CT molecular complexity index is 506. The van der Waals surface area contributed by atoms with E-state index in [1.54, 1.807) is 18.2 Å². The number of rotatable bonds is 6. The first-order valence-corrected chi connectivity index (χ1v) is 8.65. The van der Waals surface area contributed by atoms with Crippen molar-refractivity contribution in [2.24, 2.45) is 5.73 Å². The van der Waals surface area contributed by atoms with Crippen LogP contribution in [0.3, 0.4) is 0 Å². The van der Waals surface area contributed by atoms with Crippen molar-refractivity contribution in [3.05, 3.63) is 27.1 Å². The normalized spacial score (nSPS) is 13.6. The lowest BCUT2D eigenvalue weighted by molar-refractivity contribution is 0.527. The minimum Gasteiger partial charge on any atom is -0.329 e. The van der Waals surface area contributed by atoms with Gasteiger partial charge in [0, 0.05) is 21.5 Å². The van der Waals surface area contributed by atoms with Crippen molar-refractivity contribution in [3.8, 4) is 0 Å². The quantitative estimate of drug-likeness (QED) is 0.772. The molecule has 0 aliphatic carbocycles. The maximum absolute atomic E-state index is 12.2. The van der Waals surface area contributed by atoms with E-state index in [0.29, 0.717) is 15.5 Å². The Hall–Kier alpha value is 0.0500. The number of benzene rings is 1. The van der Waals surface area contributed by atoms with Crippen LogP contribution in [-0.2, 0) is 10.0 Å². The molecule has 7 heteroatoms. The lowest BCUT2D eigenvalue weighted by Gasteiger charge is -2.16. The SMILES string of the molecule is CCCC(CN)NS(=O)(=O)c1cc(Br)ccc1Br. The van der Waals surface area contributed by atoms with E-state index in [1.807, 2.05) is 6.92 Å². The van der Waals surface area contributed by atoms with Crippen LogP contribution in [0.25, 0.3) is 0 Å². The van der Waals surface area contributed by atoms with E-state index in [2.05, 4.69) is 36.6 Å². The minimum absolute atomic E-state index is 0.214. The standard InChI is InChI=1S/C11H16Br2N2O2S/c1-2-3-9(7-14)15-18(16,17)11-6-8(12)4-5-10(11)13/h4-6,9,15H,2-3,7,14H2,1H3. The van der Waals surface area contributed by atoms with Crippen LogP contribution in [0.4, 0.5) is 0 Å². The van der Waals surface area contributed by atoms with Gasteiger partial charge >= 0.3 is 0 Å². The van der Waals surface area contributed by atoms with Crippen LogP contribution in [-0.4, -0.2) is 21.0 Å². The Morgan fingerprint density at radius 1 is 1.39 bits per heavy atom. The molecule has 1 rings (SSSR count). The molecule has 0 saturated heterocycles. The molecule has 0 heterocycles. The average molecular weight is 400 g/mol. The fraction of sp³-hybridized carbons (Fsp3) is 0.455. The number of hydrogen-bond acceptors (Lipinski definition) is 3. The van der Waals surface area contributed by atoms with Crippen LogP contribution in [0, 0.1) is 0 Å². The molecule has 0 fully saturated rings. The summed E-state index contributed by atoms with van der Waals surface area (Å²) in [6, 6.07) is 4.79. The molecular weight excluding hydrogens is 384 g/mol. The molecule has 1 aromatic rings. The largest absolute Gasteiger partial charge is 0.329 e. The van der Waals surface area contributed by atoms with Crippen molar-refractivity contribution in [3.63, 3.8) is 0 Å². The van der Waals surface area contributed by atoms with Crippen molar-refractivity contribution < 1.29 is 8.42 Å². The number of hydrogen-bond donors (Lipinski definition) is 2. The van der Waals surface area contributed by atoms with Gasteiger partial charge in [0.25, 0.3) is 0 Å². The van der Waals surface area contributed by atoms with E-state index in [-0.39, 0.29) is 10.9 Å². The highest BCUT2D eigenvalue weighted by Gasteiger charge is 2.21. The lowest BCUT2D eigenvalue weighted by Crippen LogP contribution is -2.40. The summed E-state index contributed by atoms with van der Waals surface area (Å²) in [7, 11) is -3.55. The van der Waals surface area contributed by atoms with Gasteiger partial charge in [-0.05, 0) is 40.5 Å². The van der Waals surface area contributed by atoms with Gasteiger partial charge in [0.05, 0.1) is 4.90 Å². The molecule has 0 radical (unpaired) electrons. The maximum atomic E-state index is 12.2. The van der Waals surface area contributed by atoms with Gasteiger partial charge in [-0.1, -0.05) is 29.3 Å². The highest BCUT2D eigenvalue weighted by atomic mass is 79.9. The average Bonchev–Trinajstić information content (AvgIpc) is 2.31. The molecule has 0 saturated carbocycles. The molecule has 1 atom stereocenters. The molecule has 4 nitrogen and oxygen atoms in total. The van der Waals surface area contributed by atoms with Crippen molar-refractivity contribution in [1.29, 1.82) is 0 Å². The summed E-state index contributed by atoms with van der Waals surface area (Å²) in [5.41, 5.74) is 5.56. The molecule has 0 aliphatic heterocycles. The minimum atomic E-state index is -3.55.